The summed E-state index contributed by atoms with van der Waals surface area (Å²) >= 11 is 0. The van der Waals surface area contributed by atoms with Gasteiger partial charge in [-0.25, -0.2) is 0 Å². The van der Waals surface area contributed by atoms with Gasteiger partial charge in [-0.2, -0.15) is 13.2 Å². The number of nitrogens with zero attached hydrogens (tertiary/aromatic N) is 1. The normalized spacial score (nSPS) is 23.6. The van der Waals surface area contributed by atoms with Crippen molar-refractivity contribution in [3.8, 4) is 0 Å². The number of likely N-dealkylation sites (tertiary alicyclic amines) is 1. The van der Waals surface area contributed by atoms with Crippen LogP contribution in [0.1, 0.15) is 33.1 Å². The summed E-state index contributed by atoms with van der Waals surface area (Å²) in [6.45, 7) is 5.20. The third-order valence-electron chi connectivity index (χ3n) is 3.83. The molecule has 1 saturated heterocycles. The zero-order chi connectivity index (χ0) is 12.4. The summed E-state index contributed by atoms with van der Waals surface area (Å²) in [6, 6.07) is 0. The highest BCUT2D eigenvalue weighted by Crippen LogP contribution is 2.37. The zero-order valence-corrected chi connectivity index (χ0v) is 9.85. The Kier molecular flexibility index (Phi) is 4.23. The van der Waals surface area contributed by atoms with Gasteiger partial charge in [-0.3, -0.25) is 4.90 Å². The number of rotatable bonds is 4. The molecule has 0 radical (unpaired) electrons. The zero-order valence-electron chi connectivity index (χ0n) is 9.85. The Hall–Kier alpha value is -0.290. The molecule has 0 amide bonds. The van der Waals surface area contributed by atoms with Gasteiger partial charge in [0.05, 0.1) is 0 Å². The first-order chi connectivity index (χ1) is 7.33. The van der Waals surface area contributed by atoms with Crippen LogP contribution in [0.2, 0.25) is 0 Å². The lowest BCUT2D eigenvalue weighted by Gasteiger charge is -2.27. The summed E-state index contributed by atoms with van der Waals surface area (Å²) in [5.41, 5.74) is 0.158. The molecule has 0 bridgehead atoms. The fourth-order valence-electron chi connectivity index (χ4n) is 2.36. The third-order valence-corrected chi connectivity index (χ3v) is 3.83. The van der Waals surface area contributed by atoms with E-state index in [1.165, 1.54) is 0 Å². The molecule has 96 valence electrons. The van der Waals surface area contributed by atoms with Crippen molar-refractivity contribution in [1.82, 2.24) is 4.90 Å². The summed E-state index contributed by atoms with van der Waals surface area (Å²) in [5, 5.41) is 9.00. The van der Waals surface area contributed by atoms with Gasteiger partial charge in [-0.15, -0.1) is 0 Å². The molecule has 0 aromatic carbocycles. The first-order valence-electron chi connectivity index (χ1n) is 5.80. The molecule has 1 fully saturated rings. The fraction of sp³-hybridized carbons (Fsp3) is 1.00. The lowest BCUT2D eigenvalue weighted by Crippen LogP contribution is -2.40. The van der Waals surface area contributed by atoms with Crippen LogP contribution in [0.15, 0.2) is 0 Å². The van der Waals surface area contributed by atoms with Crippen LogP contribution in [-0.2, 0) is 0 Å². The first kappa shape index (κ1) is 13.8. The second-order valence-electron chi connectivity index (χ2n) is 4.75. The molecule has 0 aromatic rings. The minimum atomic E-state index is -4.50. The van der Waals surface area contributed by atoms with Crippen LogP contribution in [0.3, 0.4) is 0 Å². The largest absolute Gasteiger partial charge is 0.415 e. The molecule has 0 spiro atoms. The minimum absolute atomic E-state index is 0.158. The molecular weight excluding hydrogens is 219 g/mol. The summed E-state index contributed by atoms with van der Waals surface area (Å²) in [5.74, 6) is 0. The number of β-amino-alcohol motifs (C(OH)–C–C–N with tert-alkyl or cyclic N) is 1. The Labute approximate surface area is 94.4 Å². The Bertz CT molecular complexity index is 226. The quantitative estimate of drug-likeness (QED) is 0.814. The van der Waals surface area contributed by atoms with Gasteiger partial charge in [0.15, 0.2) is 6.10 Å². The maximum atomic E-state index is 12.2. The summed E-state index contributed by atoms with van der Waals surface area (Å²) < 4.78 is 36.5. The number of hydrogen-bond donors (Lipinski definition) is 1. The van der Waals surface area contributed by atoms with E-state index in [9.17, 15) is 13.2 Å². The topological polar surface area (TPSA) is 23.5 Å². The molecule has 1 atom stereocenters. The third kappa shape index (κ3) is 3.10. The molecule has 1 rings (SSSR count). The second-order valence-corrected chi connectivity index (χ2v) is 4.75. The van der Waals surface area contributed by atoms with E-state index in [1.54, 1.807) is 4.90 Å². The van der Waals surface area contributed by atoms with E-state index in [1.807, 2.05) is 0 Å². The van der Waals surface area contributed by atoms with E-state index >= 15 is 0 Å². The summed E-state index contributed by atoms with van der Waals surface area (Å²) in [7, 11) is 0. The smallest absolute Gasteiger partial charge is 0.382 e. The van der Waals surface area contributed by atoms with E-state index in [2.05, 4.69) is 13.8 Å². The molecule has 1 heterocycles. The lowest BCUT2D eigenvalue weighted by atomic mass is 9.82. The molecule has 1 N–H and O–H groups in total. The van der Waals surface area contributed by atoms with E-state index < -0.39 is 12.3 Å². The van der Waals surface area contributed by atoms with Gasteiger partial charge in [-0.05, 0) is 31.2 Å². The molecule has 1 aliphatic rings. The molecular formula is C11H20F3NO. The molecule has 0 saturated carbocycles. The van der Waals surface area contributed by atoms with Crippen molar-refractivity contribution in [2.24, 2.45) is 5.41 Å². The number of aliphatic hydroxyl groups is 1. The molecule has 5 heteroatoms. The van der Waals surface area contributed by atoms with Crippen LogP contribution >= 0.6 is 0 Å². The first-order valence-corrected chi connectivity index (χ1v) is 5.80. The molecule has 0 aromatic heterocycles. The molecule has 2 nitrogen and oxygen atoms in total. The SMILES string of the molecule is CCC1(CC)CCN(CC(O)C(F)(F)F)C1. The van der Waals surface area contributed by atoms with Crippen molar-refractivity contribution in [2.75, 3.05) is 19.6 Å². The van der Waals surface area contributed by atoms with Crippen molar-refractivity contribution in [3.05, 3.63) is 0 Å². The highest BCUT2D eigenvalue weighted by molar-refractivity contribution is 4.89. The van der Waals surface area contributed by atoms with Gasteiger partial charge >= 0.3 is 6.18 Å². The summed E-state index contributed by atoms with van der Waals surface area (Å²) in [4.78, 5) is 1.73. The molecule has 1 aliphatic heterocycles. The second kappa shape index (κ2) is 4.92. The molecule has 0 aliphatic carbocycles. The highest BCUT2D eigenvalue weighted by Gasteiger charge is 2.42. The van der Waals surface area contributed by atoms with E-state index in [0.717, 1.165) is 19.3 Å². The van der Waals surface area contributed by atoms with Crippen molar-refractivity contribution in [2.45, 2.75) is 45.4 Å². The maximum absolute atomic E-state index is 12.2. The van der Waals surface area contributed by atoms with Crippen molar-refractivity contribution >= 4 is 0 Å². The summed E-state index contributed by atoms with van der Waals surface area (Å²) in [6.07, 6.45) is -3.80. The average Bonchev–Trinajstić information content (AvgIpc) is 2.61. The van der Waals surface area contributed by atoms with Crippen LogP contribution in [0.5, 0.6) is 0 Å². The van der Waals surface area contributed by atoms with Crippen LogP contribution in [0, 0.1) is 5.41 Å². The Morgan fingerprint density at radius 3 is 2.25 bits per heavy atom. The van der Waals surface area contributed by atoms with Gasteiger partial charge in [0, 0.05) is 13.1 Å². The van der Waals surface area contributed by atoms with Crippen molar-refractivity contribution in [3.63, 3.8) is 0 Å². The van der Waals surface area contributed by atoms with Gasteiger partial charge in [0.1, 0.15) is 0 Å². The lowest BCUT2D eigenvalue weighted by molar-refractivity contribution is -0.207. The predicted molar refractivity (Wildman–Crippen MR) is 56.1 cm³/mol. The van der Waals surface area contributed by atoms with Gasteiger partial charge in [0.2, 0.25) is 0 Å². The standard InChI is InChI=1S/C11H20F3NO/c1-3-10(4-2)5-6-15(8-10)7-9(16)11(12,13)14/h9,16H,3-8H2,1-2H3. The Balaban J connectivity index is 2.48. The molecule has 1 unspecified atom stereocenters. The number of hydrogen-bond acceptors (Lipinski definition) is 2. The van der Waals surface area contributed by atoms with Crippen molar-refractivity contribution < 1.29 is 18.3 Å². The monoisotopic (exact) mass is 239 g/mol. The molecule has 16 heavy (non-hydrogen) atoms. The Morgan fingerprint density at radius 1 is 1.31 bits per heavy atom. The number of halogens is 3. The van der Waals surface area contributed by atoms with Gasteiger partial charge in [-0.1, -0.05) is 13.8 Å². The highest BCUT2D eigenvalue weighted by atomic mass is 19.4. The minimum Gasteiger partial charge on any atom is -0.382 e. The predicted octanol–water partition coefficient (Wildman–Crippen LogP) is 2.42. The van der Waals surface area contributed by atoms with Crippen LogP contribution in [0.4, 0.5) is 13.2 Å². The fourth-order valence-corrected chi connectivity index (χ4v) is 2.36. The van der Waals surface area contributed by atoms with Gasteiger partial charge < -0.3 is 5.11 Å². The van der Waals surface area contributed by atoms with E-state index in [-0.39, 0.29) is 12.0 Å². The van der Waals surface area contributed by atoms with Crippen LogP contribution < -0.4 is 0 Å². The van der Waals surface area contributed by atoms with Crippen LogP contribution in [0.25, 0.3) is 0 Å². The van der Waals surface area contributed by atoms with Crippen LogP contribution in [-0.4, -0.2) is 41.9 Å². The Morgan fingerprint density at radius 2 is 1.88 bits per heavy atom. The van der Waals surface area contributed by atoms with Crippen molar-refractivity contribution in [1.29, 1.82) is 0 Å². The number of aliphatic hydroxyl groups excluding tert-OH is 1. The van der Waals surface area contributed by atoms with E-state index in [0.29, 0.717) is 13.1 Å². The average molecular weight is 239 g/mol. The number of alkyl halides is 3. The van der Waals surface area contributed by atoms with E-state index in [4.69, 9.17) is 5.11 Å². The van der Waals surface area contributed by atoms with Gasteiger partial charge in [0.25, 0.3) is 0 Å². The maximum Gasteiger partial charge on any atom is 0.415 e.